The second-order valence-corrected chi connectivity index (χ2v) is 9.56. The Balaban J connectivity index is 1.33. The first kappa shape index (κ1) is 23.4. The lowest BCUT2D eigenvalue weighted by molar-refractivity contribution is -0.113. The van der Waals surface area contributed by atoms with Crippen molar-refractivity contribution in [2.24, 2.45) is 0 Å². The topological polar surface area (TPSA) is 61.4 Å². The molecule has 0 aliphatic carbocycles. The van der Waals surface area contributed by atoms with E-state index >= 15 is 0 Å². The van der Waals surface area contributed by atoms with Crippen LogP contribution in [0.4, 0.5) is 17.2 Å². The van der Waals surface area contributed by atoms with Gasteiger partial charge in [-0.25, -0.2) is 9.97 Å². The van der Waals surface area contributed by atoms with Crippen LogP contribution in [-0.2, 0) is 4.79 Å². The van der Waals surface area contributed by atoms with Crippen molar-refractivity contribution in [2.45, 2.75) is 25.9 Å². The van der Waals surface area contributed by atoms with Crippen LogP contribution in [-0.4, -0.2) is 47.8 Å². The van der Waals surface area contributed by atoms with Crippen molar-refractivity contribution in [3.05, 3.63) is 70.4 Å². The van der Waals surface area contributed by atoms with E-state index in [0.717, 1.165) is 43.2 Å². The Labute approximate surface area is 204 Å². The van der Waals surface area contributed by atoms with E-state index < -0.39 is 0 Å². The van der Waals surface area contributed by atoms with Crippen LogP contribution in [0.25, 0.3) is 0 Å². The molecule has 1 fully saturated rings. The summed E-state index contributed by atoms with van der Waals surface area (Å²) in [5.74, 6) is 1.02. The highest BCUT2D eigenvalue weighted by Gasteiger charge is 2.20. The molecule has 2 heterocycles. The number of piperazine rings is 1. The van der Waals surface area contributed by atoms with E-state index in [9.17, 15) is 4.79 Å². The first-order chi connectivity index (χ1) is 15.9. The van der Waals surface area contributed by atoms with E-state index in [0.29, 0.717) is 10.2 Å². The van der Waals surface area contributed by atoms with E-state index in [4.69, 9.17) is 16.6 Å². The molecule has 6 nitrogen and oxygen atoms in total. The summed E-state index contributed by atoms with van der Waals surface area (Å²) in [6.07, 6.45) is 1.76. The maximum atomic E-state index is 12.4. The van der Waals surface area contributed by atoms with Gasteiger partial charge in [-0.3, -0.25) is 4.79 Å². The molecule has 1 aromatic heterocycles. The molecule has 2 aromatic carbocycles. The van der Waals surface area contributed by atoms with Gasteiger partial charge in [0, 0.05) is 48.8 Å². The number of carbonyl (C=O) groups is 1. The number of carbonyl (C=O) groups excluding carboxylic acids is 1. The van der Waals surface area contributed by atoms with Crippen molar-refractivity contribution in [2.75, 3.05) is 47.0 Å². The van der Waals surface area contributed by atoms with E-state index in [2.05, 4.69) is 52.1 Å². The lowest BCUT2D eigenvalue weighted by Gasteiger charge is -2.37. The summed E-state index contributed by atoms with van der Waals surface area (Å²) in [6.45, 7) is 9.86. The summed E-state index contributed by atoms with van der Waals surface area (Å²) in [4.78, 5) is 26.2. The third kappa shape index (κ3) is 5.78. The van der Waals surface area contributed by atoms with Gasteiger partial charge in [0.2, 0.25) is 5.91 Å². The van der Waals surface area contributed by atoms with E-state index in [1.807, 2.05) is 31.2 Å². The number of amides is 1. The zero-order valence-corrected chi connectivity index (χ0v) is 20.7. The predicted molar refractivity (Wildman–Crippen MR) is 138 cm³/mol. The number of aryl methyl sites for hydroxylation is 2. The van der Waals surface area contributed by atoms with Crippen LogP contribution in [0.3, 0.4) is 0 Å². The van der Waals surface area contributed by atoms with Crippen molar-refractivity contribution >= 4 is 46.5 Å². The van der Waals surface area contributed by atoms with Gasteiger partial charge < -0.3 is 15.1 Å². The number of benzene rings is 2. The fourth-order valence-corrected chi connectivity index (χ4v) is 4.67. The van der Waals surface area contributed by atoms with Crippen LogP contribution in [0, 0.1) is 20.8 Å². The van der Waals surface area contributed by atoms with Gasteiger partial charge in [-0.15, -0.1) is 0 Å². The van der Waals surface area contributed by atoms with Crippen LogP contribution in [0.15, 0.2) is 53.8 Å². The Kier molecular flexibility index (Phi) is 7.40. The number of nitrogens with one attached hydrogen (secondary N) is 1. The molecule has 0 spiro atoms. The molecule has 1 saturated heterocycles. The van der Waals surface area contributed by atoms with Crippen LogP contribution in [0.2, 0.25) is 5.02 Å². The molecule has 1 aliphatic heterocycles. The van der Waals surface area contributed by atoms with Crippen LogP contribution in [0.1, 0.15) is 16.7 Å². The third-order valence-corrected chi connectivity index (χ3v) is 7.07. The molecule has 0 unspecified atom stereocenters. The largest absolute Gasteiger partial charge is 0.368 e. The Hall–Kier alpha value is -2.77. The molecular formula is C25H28ClN5OS. The van der Waals surface area contributed by atoms with Gasteiger partial charge in [0.1, 0.15) is 5.82 Å². The number of thioether (sulfide) groups is 1. The minimum Gasteiger partial charge on any atom is -0.368 e. The first-order valence-corrected chi connectivity index (χ1v) is 12.3. The lowest BCUT2D eigenvalue weighted by atomic mass is 10.1. The van der Waals surface area contributed by atoms with Gasteiger partial charge in [-0.1, -0.05) is 41.6 Å². The monoisotopic (exact) mass is 481 g/mol. The van der Waals surface area contributed by atoms with Crippen molar-refractivity contribution in [1.82, 2.24) is 9.97 Å². The molecule has 4 rings (SSSR count). The standard InChI is InChI=1S/C25H28ClN5OS/c1-17-7-8-18(2)22(15-17)30-11-13-31(14-12-30)23-9-10-27-25(29-23)33-16-24(32)28-21-6-4-5-20(26)19(21)3/h4-10,15H,11-14,16H2,1-3H3,(H,28,32). The van der Waals surface area contributed by atoms with E-state index in [-0.39, 0.29) is 11.7 Å². The molecular weight excluding hydrogens is 454 g/mol. The summed E-state index contributed by atoms with van der Waals surface area (Å²) in [5.41, 5.74) is 5.49. The molecule has 172 valence electrons. The summed E-state index contributed by atoms with van der Waals surface area (Å²) in [6, 6.07) is 14.0. The lowest BCUT2D eigenvalue weighted by Crippen LogP contribution is -2.47. The highest BCUT2D eigenvalue weighted by Crippen LogP contribution is 2.26. The molecule has 0 bridgehead atoms. The number of hydrogen-bond donors (Lipinski definition) is 1. The van der Waals surface area contributed by atoms with E-state index in [1.54, 1.807) is 6.20 Å². The minimum absolute atomic E-state index is 0.110. The second-order valence-electron chi connectivity index (χ2n) is 8.21. The summed E-state index contributed by atoms with van der Waals surface area (Å²) in [7, 11) is 0. The fourth-order valence-electron chi connectivity index (χ4n) is 3.87. The van der Waals surface area contributed by atoms with Crippen molar-refractivity contribution in [1.29, 1.82) is 0 Å². The van der Waals surface area contributed by atoms with Crippen molar-refractivity contribution in [3.8, 4) is 0 Å². The zero-order valence-electron chi connectivity index (χ0n) is 19.1. The highest BCUT2D eigenvalue weighted by atomic mass is 35.5. The molecule has 3 aromatic rings. The van der Waals surface area contributed by atoms with Crippen molar-refractivity contribution < 1.29 is 4.79 Å². The van der Waals surface area contributed by atoms with Gasteiger partial charge in [0.15, 0.2) is 5.16 Å². The maximum Gasteiger partial charge on any atom is 0.234 e. The molecule has 0 radical (unpaired) electrons. The number of hydrogen-bond acceptors (Lipinski definition) is 6. The highest BCUT2D eigenvalue weighted by molar-refractivity contribution is 7.99. The Morgan fingerprint density at radius 1 is 1.06 bits per heavy atom. The second kappa shape index (κ2) is 10.4. The van der Waals surface area contributed by atoms with Gasteiger partial charge in [-0.2, -0.15) is 0 Å². The number of halogens is 1. The molecule has 1 N–H and O–H groups in total. The average Bonchev–Trinajstić information content (AvgIpc) is 2.82. The smallest absolute Gasteiger partial charge is 0.234 e. The number of rotatable bonds is 6. The molecule has 0 saturated carbocycles. The maximum absolute atomic E-state index is 12.4. The average molecular weight is 482 g/mol. The SMILES string of the molecule is Cc1ccc(C)c(N2CCN(c3ccnc(SCC(=O)Nc4cccc(Cl)c4C)n3)CC2)c1. The minimum atomic E-state index is -0.110. The number of aromatic nitrogens is 2. The van der Waals surface area contributed by atoms with Gasteiger partial charge >= 0.3 is 0 Å². The van der Waals surface area contributed by atoms with Crippen LogP contribution in [0.5, 0.6) is 0 Å². The van der Waals surface area contributed by atoms with Crippen LogP contribution >= 0.6 is 23.4 Å². The van der Waals surface area contributed by atoms with Gasteiger partial charge in [0.05, 0.1) is 5.75 Å². The molecule has 0 atom stereocenters. The van der Waals surface area contributed by atoms with Gasteiger partial charge in [-0.05, 0) is 61.7 Å². The summed E-state index contributed by atoms with van der Waals surface area (Å²) in [5, 5.41) is 4.15. The number of nitrogens with zero attached hydrogens (tertiary/aromatic N) is 4. The third-order valence-electron chi connectivity index (χ3n) is 5.80. The normalized spacial score (nSPS) is 13.8. The molecule has 33 heavy (non-hydrogen) atoms. The number of anilines is 3. The zero-order chi connectivity index (χ0) is 23.4. The van der Waals surface area contributed by atoms with Crippen LogP contribution < -0.4 is 15.1 Å². The Morgan fingerprint density at radius 2 is 1.82 bits per heavy atom. The molecule has 1 amide bonds. The molecule has 8 heteroatoms. The van der Waals surface area contributed by atoms with E-state index in [1.165, 1.54) is 28.6 Å². The van der Waals surface area contributed by atoms with Crippen molar-refractivity contribution in [3.63, 3.8) is 0 Å². The quantitative estimate of drug-likeness (QED) is 0.390. The Bertz CT molecular complexity index is 1150. The first-order valence-electron chi connectivity index (χ1n) is 11.0. The molecule has 1 aliphatic rings. The summed E-state index contributed by atoms with van der Waals surface area (Å²) < 4.78 is 0. The predicted octanol–water partition coefficient (Wildman–Crippen LogP) is 5.11. The summed E-state index contributed by atoms with van der Waals surface area (Å²) >= 11 is 7.47. The Morgan fingerprint density at radius 3 is 2.61 bits per heavy atom. The van der Waals surface area contributed by atoms with Gasteiger partial charge in [0.25, 0.3) is 0 Å². The fraction of sp³-hybridized carbons (Fsp3) is 0.320.